The number of imidazole rings is 1. The summed E-state index contributed by atoms with van der Waals surface area (Å²) in [5, 5.41) is 0.858. The minimum absolute atomic E-state index is 0.858. The van der Waals surface area contributed by atoms with E-state index in [9.17, 15) is 0 Å². The van der Waals surface area contributed by atoms with Gasteiger partial charge in [0, 0.05) is 19.2 Å². The highest BCUT2D eigenvalue weighted by Gasteiger charge is 2.09. The fraction of sp³-hybridized carbons (Fsp3) is 0.571. The van der Waals surface area contributed by atoms with Crippen LogP contribution < -0.4 is 0 Å². The first-order valence-corrected chi connectivity index (χ1v) is 4.06. The van der Waals surface area contributed by atoms with Crippen molar-refractivity contribution < 1.29 is 0 Å². The second-order valence-electron chi connectivity index (χ2n) is 2.67. The molecule has 54 valence electrons. The maximum atomic E-state index is 4.28. The van der Waals surface area contributed by atoms with Gasteiger partial charge in [0.25, 0.3) is 0 Å². The maximum Gasteiger partial charge on any atom is 0.111 e. The fourth-order valence-electron chi connectivity index (χ4n) is 1.40. The quantitative estimate of drug-likeness (QED) is 0.561. The molecule has 2 rings (SSSR count). The lowest BCUT2D eigenvalue weighted by Crippen LogP contribution is -2.08. The third-order valence-corrected chi connectivity index (χ3v) is 2.11. The van der Waals surface area contributed by atoms with Gasteiger partial charge in [-0.2, -0.15) is 0 Å². The zero-order valence-corrected chi connectivity index (χ0v) is 6.64. The summed E-state index contributed by atoms with van der Waals surface area (Å²) in [5.41, 5.74) is 0. The Morgan fingerprint density at radius 2 is 2.40 bits per heavy atom. The second kappa shape index (κ2) is 2.31. The van der Waals surface area contributed by atoms with Crippen LogP contribution in [0.5, 0.6) is 0 Å². The number of fused-ring (bicyclic) bond motifs is 1. The zero-order valence-electron chi connectivity index (χ0n) is 5.75. The molecule has 0 unspecified atom stereocenters. The van der Waals surface area contributed by atoms with Gasteiger partial charge >= 0.3 is 0 Å². The molecule has 0 aliphatic carbocycles. The molecule has 0 aromatic carbocycles. The number of rotatable bonds is 0. The van der Waals surface area contributed by atoms with Gasteiger partial charge in [0.05, 0.1) is 0 Å². The smallest absolute Gasteiger partial charge is 0.111 e. The summed E-state index contributed by atoms with van der Waals surface area (Å²) in [6.07, 6.45) is 5.71. The number of hydrogen-bond acceptors (Lipinski definition) is 2. The van der Waals surface area contributed by atoms with Crippen LogP contribution in [0.2, 0.25) is 0 Å². The minimum atomic E-state index is 0.858. The first kappa shape index (κ1) is 6.28. The largest absolute Gasteiger partial charge is 0.334 e. The molecule has 2 heterocycles. The molecule has 1 aliphatic rings. The molecule has 0 bridgehead atoms. The average Bonchev–Trinajstić information content (AvgIpc) is 2.27. The Bertz CT molecular complexity index is 218. The van der Waals surface area contributed by atoms with Crippen molar-refractivity contribution in [2.24, 2.45) is 0 Å². The van der Waals surface area contributed by atoms with Crippen LogP contribution in [0.25, 0.3) is 0 Å². The molecule has 1 aromatic heterocycles. The van der Waals surface area contributed by atoms with Crippen LogP contribution in [0.15, 0.2) is 11.2 Å². The van der Waals surface area contributed by atoms with Crippen molar-refractivity contribution in [1.29, 1.82) is 0 Å². The molecular weight excluding hydrogens is 144 g/mol. The Balaban J connectivity index is 2.41. The van der Waals surface area contributed by atoms with E-state index >= 15 is 0 Å². The monoisotopic (exact) mass is 154 g/mol. The van der Waals surface area contributed by atoms with E-state index in [4.69, 9.17) is 0 Å². The average molecular weight is 154 g/mol. The Morgan fingerprint density at radius 3 is 3.20 bits per heavy atom. The summed E-state index contributed by atoms with van der Waals surface area (Å²) in [6.45, 7) is 1.13. The van der Waals surface area contributed by atoms with Crippen molar-refractivity contribution in [2.45, 2.75) is 30.8 Å². The Labute approximate surface area is 65.7 Å². The van der Waals surface area contributed by atoms with Crippen molar-refractivity contribution in [3.8, 4) is 0 Å². The van der Waals surface area contributed by atoms with Gasteiger partial charge in [-0.1, -0.05) is 0 Å². The Morgan fingerprint density at radius 1 is 1.50 bits per heavy atom. The first-order chi connectivity index (χ1) is 4.86. The normalized spacial score (nSPS) is 16.9. The highest BCUT2D eigenvalue weighted by Crippen LogP contribution is 2.15. The van der Waals surface area contributed by atoms with Crippen LogP contribution in [0.1, 0.15) is 18.7 Å². The molecule has 0 atom stereocenters. The maximum absolute atomic E-state index is 4.28. The van der Waals surface area contributed by atoms with Gasteiger partial charge in [0.2, 0.25) is 0 Å². The molecule has 0 N–H and O–H groups in total. The molecule has 2 nitrogen and oxygen atoms in total. The summed E-state index contributed by atoms with van der Waals surface area (Å²) < 4.78 is 2.20. The number of hydrogen-bond donors (Lipinski definition) is 1. The molecule has 0 saturated carbocycles. The third-order valence-electron chi connectivity index (χ3n) is 1.90. The minimum Gasteiger partial charge on any atom is -0.334 e. The number of aryl methyl sites for hydroxylation is 2. The molecule has 0 radical (unpaired) electrons. The molecule has 0 spiro atoms. The van der Waals surface area contributed by atoms with Crippen LogP contribution >= 0.6 is 12.6 Å². The molecule has 0 fully saturated rings. The Hall–Kier alpha value is -0.440. The standard InChI is InChI=1S/C7H10N2S/c10-7-5-9-4-2-1-3-6(9)8-7/h5,10H,1-4H2. The first-order valence-electron chi connectivity index (χ1n) is 3.61. The molecule has 0 saturated heterocycles. The van der Waals surface area contributed by atoms with Crippen molar-refractivity contribution >= 4 is 12.6 Å². The topological polar surface area (TPSA) is 17.8 Å². The summed E-state index contributed by atoms with van der Waals surface area (Å²) >= 11 is 4.18. The second-order valence-corrected chi connectivity index (χ2v) is 3.12. The number of aromatic nitrogens is 2. The zero-order chi connectivity index (χ0) is 6.97. The summed E-state index contributed by atoms with van der Waals surface area (Å²) in [7, 11) is 0. The molecule has 1 aromatic rings. The molecular formula is C7H10N2S. The highest BCUT2D eigenvalue weighted by atomic mass is 32.1. The van der Waals surface area contributed by atoms with Gasteiger partial charge in [-0.15, -0.1) is 12.6 Å². The van der Waals surface area contributed by atoms with Crippen LogP contribution in [-0.2, 0) is 13.0 Å². The fourth-order valence-corrected chi connectivity index (χ4v) is 1.65. The summed E-state index contributed by atoms with van der Waals surface area (Å²) in [4.78, 5) is 4.28. The Kier molecular flexibility index (Phi) is 1.45. The van der Waals surface area contributed by atoms with Crippen molar-refractivity contribution in [3.63, 3.8) is 0 Å². The van der Waals surface area contributed by atoms with E-state index in [2.05, 4.69) is 22.2 Å². The van der Waals surface area contributed by atoms with Crippen LogP contribution in [0.3, 0.4) is 0 Å². The number of thiol groups is 1. The lowest BCUT2D eigenvalue weighted by Gasteiger charge is -2.11. The van der Waals surface area contributed by atoms with Crippen molar-refractivity contribution in [1.82, 2.24) is 9.55 Å². The van der Waals surface area contributed by atoms with E-state index in [0.717, 1.165) is 18.0 Å². The van der Waals surface area contributed by atoms with E-state index in [-0.39, 0.29) is 0 Å². The van der Waals surface area contributed by atoms with Crippen LogP contribution in [0.4, 0.5) is 0 Å². The van der Waals surface area contributed by atoms with Crippen molar-refractivity contribution in [2.75, 3.05) is 0 Å². The van der Waals surface area contributed by atoms with Gasteiger partial charge in [-0.3, -0.25) is 0 Å². The van der Waals surface area contributed by atoms with E-state index in [0.29, 0.717) is 0 Å². The van der Waals surface area contributed by atoms with E-state index in [1.807, 2.05) is 6.20 Å². The predicted molar refractivity (Wildman–Crippen MR) is 42.4 cm³/mol. The third kappa shape index (κ3) is 0.944. The van der Waals surface area contributed by atoms with Gasteiger partial charge in [-0.25, -0.2) is 4.98 Å². The molecule has 1 aliphatic heterocycles. The van der Waals surface area contributed by atoms with Crippen LogP contribution in [0, 0.1) is 0 Å². The van der Waals surface area contributed by atoms with Gasteiger partial charge < -0.3 is 4.57 Å². The lowest BCUT2D eigenvalue weighted by atomic mass is 10.2. The van der Waals surface area contributed by atoms with Crippen LogP contribution in [-0.4, -0.2) is 9.55 Å². The summed E-state index contributed by atoms with van der Waals surface area (Å²) in [5.74, 6) is 1.20. The SMILES string of the molecule is Sc1cn2c(n1)CCCC2. The van der Waals surface area contributed by atoms with Gasteiger partial charge in [0.15, 0.2) is 0 Å². The van der Waals surface area contributed by atoms with E-state index < -0.39 is 0 Å². The van der Waals surface area contributed by atoms with E-state index in [1.165, 1.54) is 18.7 Å². The van der Waals surface area contributed by atoms with Crippen molar-refractivity contribution in [3.05, 3.63) is 12.0 Å². The van der Waals surface area contributed by atoms with Gasteiger partial charge in [-0.05, 0) is 12.8 Å². The van der Waals surface area contributed by atoms with Gasteiger partial charge in [0.1, 0.15) is 10.9 Å². The summed E-state index contributed by atoms with van der Waals surface area (Å²) in [6, 6.07) is 0. The number of nitrogens with zero attached hydrogens (tertiary/aromatic N) is 2. The van der Waals surface area contributed by atoms with E-state index in [1.54, 1.807) is 0 Å². The molecule has 10 heavy (non-hydrogen) atoms. The molecule has 3 heteroatoms. The lowest BCUT2D eigenvalue weighted by molar-refractivity contribution is 0.522. The molecule has 0 amide bonds. The predicted octanol–water partition coefficient (Wildman–Crippen LogP) is 1.51. The highest BCUT2D eigenvalue weighted by molar-refractivity contribution is 7.80.